The van der Waals surface area contributed by atoms with Gasteiger partial charge in [-0.25, -0.2) is 9.78 Å². The minimum Gasteiger partial charge on any atom is -0.460 e. The van der Waals surface area contributed by atoms with Gasteiger partial charge in [0.1, 0.15) is 17.3 Å². The first kappa shape index (κ1) is 36.3. The molecule has 1 aliphatic heterocycles. The maximum atomic E-state index is 13.3. The lowest BCUT2D eigenvalue weighted by Crippen LogP contribution is -2.49. The highest BCUT2D eigenvalue weighted by Crippen LogP contribution is 2.25. The Morgan fingerprint density at radius 3 is 2.31 bits per heavy atom. The van der Waals surface area contributed by atoms with Gasteiger partial charge in [0.2, 0.25) is 6.10 Å². The second kappa shape index (κ2) is 15.6. The number of rotatable bonds is 12. The number of Topliss-reactive ketones (excluding diaryl/α,β-unsaturated/α-hetero) is 1. The number of nitrogens with one attached hydrogen (secondary N) is 2. The molecule has 1 aliphatic rings. The van der Waals surface area contributed by atoms with Gasteiger partial charge in [-0.1, -0.05) is 72.5 Å². The van der Waals surface area contributed by atoms with Crippen LogP contribution in [0.4, 0.5) is 0 Å². The van der Waals surface area contributed by atoms with Crippen molar-refractivity contribution in [3.05, 3.63) is 75.9 Å². The molecule has 254 valence electrons. The van der Waals surface area contributed by atoms with E-state index in [0.717, 1.165) is 5.39 Å². The van der Waals surface area contributed by atoms with E-state index < -0.39 is 66.4 Å². The van der Waals surface area contributed by atoms with Gasteiger partial charge < -0.3 is 24.9 Å². The number of fused-ring (bicyclic) bond motifs is 1. The van der Waals surface area contributed by atoms with E-state index in [1.54, 1.807) is 39.0 Å². The number of hydrogen-bond acceptors (Lipinski definition) is 10. The van der Waals surface area contributed by atoms with Gasteiger partial charge in [0, 0.05) is 11.8 Å². The summed E-state index contributed by atoms with van der Waals surface area (Å²) in [5, 5.41) is 10.5. The summed E-state index contributed by atoms with van der Waals surface area (Å²) in [6.07, 6.45) is -1.72. The summed E-state index contributed by atoms with van der Waals surface area (Å²) in [5.74, 6) is -3.83. The van der Waals surface area contributed by atoms with Gasteiger partial charge in [0.05, 0.1) is 39.3 Å². The molecule has 0 bridgehead atoms. The number of oxime groups is 1. The summed E-state index contributed by atoms with van der Waals surface area (Å²) in [6, 6.07) is 13.2. The molecule has 0 fully saturated rings. The molecule has 0 spiro atoms. The Hall–Kier alpha value is -4.55. The van der Waals surface area contributed by atoms with E-state index in [1.165, 1.54) is 12.1 Å². The molecule has 4 rings (SSSR count). The predicted molar refractivity (Wildman–Crippen MR) is 179 cm³/mol. The first-order valence-corrected chi connectivity index (χ1v) is 15.9. The third-order valence-electron chi connectivity index (χ3n) is 7.14. The van der Waals surface area contributed by atoms with Gasteiger partial charge in [-0.3, -0.25) is 19.2 Å². The minimum atomic E-state index is -1.44. The van der Waals surface area contributed by atoms with E-state index >= 15 is 0 Å². The van der Waals surface area contributed by atoms with Gasteiger partial charge in [0.15, 0.2) is 12.4 Å². The minimum absolute atomic E-state index is 0.00650. The lowest BCUT2D eigenvalue weighted by Gasteiger charge is -2.23. The highest BCUT2D eigenvalue weighted by molar-refractivity contribution is 6.39. The fourth-order valence-corrected chi connectivity index (χ4v) is 5.38. The summed E-state index contributed by atoms with van der Waals surface area (Å²) >= 11 is 12.1. The standard InChI is InChI=1S/C34H36Cl2N4O8/c1-18(2)30(39-31(43)23-14-13-19-9-6-7-12-22(19)37-23)25-15-27(48-40-25)32(44)38-24(16-28(42)47-34(3,4)5)26(41)17-46-33(45)29-20(35)10-8-11-21(29)36/h6-14,18,24,27,30H,15-17H2,1-5H3,(H,38,44)(H,39,43)/t24-,27?,30-/m0/s1. The molecule has 14 heteroatoms. The second-order valence-electron chi connectivity index (χ2n) is 12.5. The highest BCUT2D eigenvalue weighted by atomic mass is 35.5. The van der Waals surface area contributed by atoms with E-state index in [-0.39, 0.29) is 33.6 Å². The van der Waals surface area contributed by atoms with Gasteiger partial charge in [-0.2, -0.15) is 0 Å². The van der Waals surface area contributed by atoms with E-state index in [2.05, 4.69) is 20.8 Å². The van der Waals surface area contributed by atoms with Crippen LogP contribution in [0.5, 0.6) is 0 Å². The maximum Gasteiger partial charge on any atom is 0.341 e. The van der Waals surface area contributed by atoms with Crippen molar-refractivity contribution in [2.24, 2.45) is 11.1 Å². The smallest absolute Gasteiger partial charge is 0.341 e. The lowest BCUT2D eigenvalue weighted by atomic mass is 9.95. The molecule has 1 unspecified atom stereocenters. The summed E-state index contributed by atoms with van der Waals surface area (Å²) in [5.41, 5.74) is 0.294. The average molecular weight is 700 g/mol. The van der Waals surface area contributed by atoms with E-state index in [9.17, 15) is 24.0 Å². The molecule has 2 amide bonds. The number of amides is 2. The van der Waals surface area contributed by atoms with Crippen LogP contribution in [0, 0.1) is 5.92 Å². The third kappa shape index (κ3) is 9.51. The molecule has 0 aliphatic carbocycles. The molecule has 3 atom stereocenters. The predicted octanol–water partition coefficient (Wildman–Crippen LogP) is 5.08. The number of nitrogens with zero attached hydrogens (tertiary/aromatic N) is 2. The van der Waals surface area contributed by atoms with Gasteiger partial charge in [-0.05, 0) is 51.0 Å². The molecule has 2 aromatic carbocycles. The number of pyridine rings is 1. The normalized spacial score (nSPS) is 15.6. The highest BCUT2D eigenvalue weighted by Gasteiger charge is 2.37. The summed E-state index contributed by atoms with van der Waals surface area (Å²) in [7, 11) is 0. The van der Waals surface area contributed by atoms with Crippen molar-refractivity contribution in [1.82, 2.24) is 15.6 Å². The van der Waals surface area contributed by atoms with Gasteiger partial charge >= 0.3 is 11.9 Å². The third-order valence-corrected chi connectivity index (χ3v) is 7.77. The number of esters is 2. The van der Waals surface area contributed by atoms with Gasteiger partial charge in [0.25, 0.3) is 11.8 Å². The van der Waals surface area contributed by atoms with Crippen LogP contribution in [0.1, 0.15) is 68.3 Å². The van der Waals surface area contributed by atoms with Crippen molar-refractivity contribution in [3.63, 3.8) is 0 Å². The maximum absolute atomic E-state index is 13.3. The molecule has 0 radical (unpaired) electrons. The van der Waals surface area contributed by atoms with Crippen LogP contribution >= 0.6 is 23.2 Å². The Morgan fingerprint density at radius 1 is 0.958 bits per heavy atom. The topological polar surface area (TPSA) is 162 Å². The molecular weight excluding hydrogens is 663 g/mol. The first-order valence-electron chi connectivity index (χ1n) is 15.2. The van der Waals surface area contributed by atoms with Crippen LogP contribution in [0.2, 0.25) is 10.0 Å². The van der Waals surface area contributed by atoms with Gasteiger partial charge in [-0.15, -0.1) is 0 Å². The zero-order valence-electron chi connectivity index (χ0n) is 27.0. The summed E-state index contributed by atoms with van der Waals surface area (Å²) < 4.78 is 10.5. The second-order valence-corrected chi connectivity index (χ2v) is 13.3. The molecule has 0 saturated heterocycles. The largest absolute Gasteiger partial charge is 0.460 e. The number of benzene rings is 2. The number of hydrogen-bond donors (Lipinski definition) is 2. The summed E-state index contributed by atoms with van der Waals surface area (Å²) in [4.78, 5) is 74.9. The number of ether oxygens (including phenoxy) is 2. The molecular formula is C34H36Cl2N4O8. The number of carbonyl (C=O) groups excluding carboxylic acids is 5. The number of ketones is 1. The fraction of sp³-hybridized carbons (Fsp3) is 0.382. The first-order chi connectivity index (χ1) is 22.6. The molecule has 3 aromatic rings. The molecule has 2 N–H and O–H groups in total. The Bertz CT molecular complexity index is 1730. The monoisotopic (exact) mass is 698 g/mol. The van der Waals surface area contributed by atoms with Crippen molar-refractivity contribution in [3.8, 4) is 0 Å². The average Bonchev–Trinajstić information content (AvgIpc) is 3.51. The van der Waals surface area contributed by atoms with Crippen LogP contribution in [-0.4, -0.2) is 70.6 Å². The van der Waals surface area contributed by atoms with Crippen molar-refractivity contribution in [2.75, 3.05) is 6.61 Å². The van der Waals surface area contributed by atoms with Crippen LogP contribution in [0.25, 0.3) is 10.9 Å². The molecule has 0 saturated carbocycles. The number of para-hydroxylation sites is 1. The zero-order valence-corrected chi connectivity index (χ0v) is 28.6. The number of halogens is 2. The fourth-order valence-electron chi connectivity index (χ4n) is 4.82. The van der Waals surface area contributed by atoms with Crippen LogP contribution in [-0.2, 0) is 28.7 Å². The Labute approximate surface area is 287 Å². The molecule has 1 aromatic heterocycles. The van der Waals surface area contributed by atoms with Crippen LogP contribution in [0.15, 0.2) is 59.8 Å². The Balaban J connectivity index is 1.42. The van der Waals surface area contributed by atoms with E-state index in [4.69, 9.17) is 37.5 Å². The van der Waals surface area contributed by atoms with Crippen molar-refractivity contribution < 1.29 is 38.3 Å². The number of carbonyl (C=O) groups is 5. The summed E-state index contributed by atoms with van der Waals surface area (Å²) in [6.45, 7) is 7.91. The van der Waals surface area contributed by atoms with Crippen molar-refractivity contribution >= 4 is 69.4 Å². The Kier molecular flexibility index (Phi) is 11.8. The van der Waals surface area contributed by atoms with Crippen molar-refractivity contribution in [2.45, 2.75) is 71.2 Å². The zero-order chi connectivity index (χ0) is 35.2. The quantitative estimate of drug-likeness (QED) is 0.246. The van der Waals surface area contributed by atoms with Crippen molar-refractivity contribution in [1.29, 1.82) is 0 Å². The molecule has 12 nitrogen and oxygen atoms in total. The SMILES string of the molecule is CC(C)[C@H](NC(=O)c1ccc2ccccc2n1)C1=NOC(C(=O)N[C@@H](CC(=O)OC(C)(C)C)C(=O)COC(=O)c2c(Cl)cccc2Cl)C1. The molecule has 2 heterocycles. The van der Waals surface area contributed by atoms with E-state index in [0.29, 0.717) is 11.2 Å². The molecule has 48 heavy (non-hydrogen) atoms. The van der Waals surface area contributed by atoms with E-state index in [1.807, 2.05) is 38.1 Å². The lowest BCUT2D eigenvalue weighted by molar-refractivity contribution is -0.156. The number of aromatic nitrogens is 1. The Morgan fingerprint density at radius 2 is 1.65 bits per heavy atom. The van der Waals surface area contributed by atoms with Crippen LogP contribution in [0.3, 0.4) is 0 Å². The van der Waals surface area contributed by atoms with Crippen LogP contribution < -0.4 is 10.6 Å².